The van der Waals surface area contributed by atoms with Crippen LogP contribution in [0.1, 0.15) is 59.7 Å². The molecule has 0 atom stereocenters. The largest absolute Gasteiger partial charge is 0.465 e. The minimum absolute atomic E-state index is 0.0999. The molecule has 0 heterocycles. The number of hydrogen-bond acceptors (Lipinski definition) is 5. The average molecular weight is 347 g/mol. The van der Waals surface area contributed by atoms with Gasteiger partial charge in [0.15, 0.2) is 6.61 Å². The number of benzene rings is 1. The van der Waals surface area contributed by atoms with Crippen LogP contribution < -0.4 is 0 Å². The Morgan fingerprint density at radius 1 is 1.04 bits per heavy atom. The zero-order valence-corrected chi connectivity index (χ0v) is 14.8. The monoisotopic (exact) mass is 347 g/mol. The molecule has 0 unspecified atom stereocenters. The highest BCUT2D eigenvalue weighted by molar-refractivity contribution is 6.03. The smallest absolute Gasteiger partial charge is 0.339 e. The highest BCUT2D eigenvalue weighted by atomic mass is 16.5. The summed E-state index contributed by atoms with van der Waals surface area (Å²) >= 11 is 0. The van der Waals surface area contributed by atoms with Gasteiger partial charge in [-0.15, -0.1) is 0 Å². The maximum absolute atomic E-state index is 12.4. The minimum atomic E-state index is -0.700. The number of carbonyl (C=O) groups is 3. The Morgan fingerprint density at radius 3 is 2.20 bits per heavy atom. The molecular formula is C19H25NO5. The van der Waals surface area contributed by atoms with E-state index in [2.05, 4.69) is 4.74 Å². The molecule has 1 saturated carbocycles. The number of carbonyl (C=O) groups excluding carboxylic acids is 3. The summed E-state index contributed by atoms with van der Waals surface area (Å²) in [6.45, 7) is 2.21. The Morgan fingerprint density at radius 2 is 1.64 bits per heavy atom. The van der Waals surface area contributed by atoms with E-state index in [1.807, 2.05) is 6.92 Å². The number of hydrogen-bond donors (Lipinski definition) is 0. The predicted octanol–water partition coefficient (Wildman–Crippen LogP) is 2.81. The second-order valence-corrected chi connectivity index (χ2v) is 6.08. The zero-order valence-electron chi connectivity index (χ0n) is 14.8. The van der Waals surface area contributed by atoms with Crippen LogP contribution in [-0.4, -0.2) is 49.0 Å². The summed E-state index contributed by atoms with van der Waals surface area (Å²) in [6, 6.07) is 6.47. The lowest BCUT2D eigenvalue weighted by molar-refractivity contribution is -0.137. The van der Waals surface area contributed by atoms with Gasteiger partial charge < -0.3 is 14.4 Å². The van der Waals surface area contributed by atoms with E-state index < -0.39 is 11.9 Å². The summed E-state index contributed by atoms with van der Waals surface area (Å²) < 4.78 is 9.83. The van der Waals surface area contributed by atoms with Crippen LogP contribution in [0, 0.1) is 0 Å². The molecule has 6 heteroatoms. The van der Waals surface area contributed by atoms with E-state index in [9.17, 15) is 14.4 Å². The lowest BCUT2D eigenvalue weighted by atomic mass is 9.94. The maximum atomic E-state index is 12.4. The molecule has 0 aromatic heterocycles. The van der Waals surface area contributed by atoms with E-state index in [0.717, 1.165) is 25.7 Å². The molecule has 1 aliphatic carbocycles. The molecule has 136 valence electrons. The number of nitrogens with zero attached hydrogens (tertiary/aromatic N) is 1. The topological polar surface area (TPSA) is 72.9 Å². The summed E-state index contributed by atoms with van der Waals surface area (Å²) in [5.74, 6) is -1.51. The number of likely N-dealkylation sites (N-methyl/N-ethyl adjacent to an activating group) is 1. The molecule has 0 saturated heterocycles. The Balaban J connectivity index is 1.99. The van der Waals surface area contributed by atoms with Crippen LogP contribution in [0.2, 0.25) is 0 Å². The van der Waals surface area contributed by atoms with Gasteiger partial charge in [0.2, 0.25) is 0 Å². The van der Waals surface area contributed by atoms with E-state index >= 15 is 0 Å². The fourth-order valence-electron chi connectivity index (χ4n) is 3.27. The van der Waals surface area contributed by atoms with Gasteiger partial charge in [-0.2, -0.15) is 0 Å². The molecule has 1 aromatic rings. The van der Waals surface area contributed by atoms with Crippen LogP contribution in [-0.2, 0) is 14.3 Å². The molecule has 6 nitrogen and oxygen atoms in total. The Bertz CT molecular complexity index is 622. The second-order valence-electron chi connectivity index (χ2n) is 6.08. The van der Waals surface area contributed by atoms with Crippen molar-refractivity contribution in [2.45, 2.75) is 45.1 Å². The van der Waals surface area contributed by atoms with Crippen molar-refractivity contribution in [1.82, 2.24) is 4.90 Å². The normalized spacial score (nSPS) is 14.6. The molecule has 1 amide bonds. The maximum Gasteiger partial charge on any atom is 0.339 e. The van der Waals surface area contributed by atoms with Crippen LogP contribution in [0.15, 0.2) is 24.3 Å². The van der Waals surface area contributed by atoms with Gasteiger partial charge in [-0.3, -0.25) is 4.79 Å². The molecule has 1 aromatic carbocycles. The first-order valence-electron chi connectivity index (χ1n) is 8.72. The van der Waals surface area contributed by atoms with Gasteiger partial charge in [0.1, 0.15) is 0 Å². The third-order valence-corrected chi connectivity index (χ3v) is 4.56. The molecule has 0 aliphatic heterocycles. The molecule has 1 fully saturated rings. The van der Waals surface area contributed by atoms with Gasteiger partial charge in [-0.05, 0) is 31.9 Å². The molecule has 0 spiro atoms. The third kappa shape index (κ3) is 4.81. The Labute approximate surface area is 148 Å². The standard InChI is InChI=1S/C19H25NO5/c1-3-20(14-9-5-4-6-10-14)17(21)13-25-19(23)16-12-8-7-11-15(16)18(22)24-2/h7-8,11-12,14H,3-6,9-10,13H2,1-2H3. The fourth-order valence-corrected chi connectivity index (χ4v) is 3.27. The summed E-state index contributed by atoms with van der Waals surface area (Å²) in [5, 5.41) is 0. The highest BCUT2D eigenvalue weighted by Crippen LogP contribution is 2.22. The molecule has 2 rings (SSSR count). The lowest BCUT2D eigenvalue weighted by Crippen LogP contribution is -2.43. The van der Waals surface area contributed by atoms with Gasteiger partial charge in [0.25, 0.3) is 5.91 Å². The SMILES string of the molecule is CCN(C(=O)COC(=O)c1ccccc1C(=O)OC)C1CCCCC1. The molecule has 25 heavy (non-hydrogen) atoms. The van der Waals surface area contributed by atoms with Crippen LogP contribution in [0.5, 0.6) is 0 Å². The van der Waals surface area contributed by atoms with Crippen molar-refractivity contribution in [3.8, 4) is 0 Å². The van der Waals surface area contributed by atoms with E-state index in [1.165, 1.54) is 25.7 Å². The van der Waals surface area contributed by atoms with Crippen molar-refractivity contribution in [2.24, 2.45) is 0 Å². The molecule has 0 radical (unpaired) electrons. The first kappa shape index (κ1) is 19.0. The third-order valence-electron chi connectivity index (χ3n) is 4.56. The average Bonchev–Trinajstić information content (AvgIpc) is 2.67. The van der Waals surface area contributed by atoms with Gasteiger partial charge in [-0.25, -0.2) is 9.59 Å². The lowest BCUT2D eigenvalue weighted by Gasteiger charge is -2.33. The summed E-state index contributed by atoms with van der Waals surface area (Å²) in [4.78, 5) is 38.2. The first-order chi connectivity index (χ1) is 12.1. The van der Waals surface area contributed by atoms with Crippen molar-refractivity contribution in [2.75, 3.05) is 20.3 Å². The van der Waals surface area contributed by atoms with Gasteiger partial charge in [0.05, 0.1) is 18.2 Å². The van der Waals surface area contributed by atoms with E-state index in [1.54, 1.807) is 17.0 Å². The van der Waals surface area contributed by atoms with Crippen LogP contribution in [0.3, 0.4) is 0 Å². The Hall–Kier alpha value is -2.37. The molecule has 0 N–H and O–H groups in total. The first-order valence-corrected chi connectivity index (χ1v) is 8.72. The molecule has 0 bridgehead atoms. The van der Waals surface area contributed by atoms with Crippen molar-refractivity contribution < 1.29 is 23.9 Å². The summed E-state index contributed by atoms with van der Waals surface area (Å²) in [6.07, 6.45) is 5.46. The minimum Gasteiger partial charge on any atom is -0.465 e. The highest BCUT2D eigenvalue weighted by Gasteiger charge is 2.25. The second kappa shape index (κ2) is 9.20. The van der Waals surface area contributed by atoms with Crippen molar-refractivity contribution >= 4 is 17.8 Å². The predicted molar refractivity (Wildman–Crippen MR) is 92.3 cm³/mol. The number of rotatable bonds is 6. The van der Waals surface area contributed by atoms with E-state index in [0.29, 0.717) is 6.54 Å². The number of methoxy groups -OCH3 is 1. The van der Waals surface area contributed by atoms with Crippen molar-refractivity contribution in [1.29, 1.82) is 0 Å². The van der Waals surface area contributed by atoms with Gasteiger partial charge in [-0.1, -0.05) is 31.4 Å². The number of amides is 1. The molecular weight excluding hydrogens is 322 g/mol. The summed E-state index contributed by atoms with van der Waals surface area (Å²) in [7, 11) is 1.25. The number of esters is 2. The van der Waals surface area contributed by atoms with Crippen molar-refractivity contribution in [3.63, 3.8) is 0 Å². The summed E-state index contributed by atoms with van der Waals surface area (Å²) in [5.41, 5.74) is 0.227. The quantitative estimate of drug-likeness (QED) is 0.740. The Kier molecular flexibility index (Phi) is 6.98. The van der Waals surface area contributed by atoms with Crippen LogP contribution in [0.25, 0.3) is 0 Å². The fraction of sp³-hybridized carbons (Fsp3) is 0.526. The van der Waals surface area contributed by atoms with Gasteiger partial charge >= 0.3 is 11.9 Å². The van der Waals surface area contributed by atoms with Crippen molar-refractivity contribution in [3.05, 3.63) is 35.4 Å². The molecule has 1 aliphatic rings. The van der Waals surface area contributed by atoms with E-state index in [4.69, 9.17) is 4.74 Å². The van der Waals surface area contributed by atoms with E-state index in [-0.39, 0.29) is 29.7 Å². The number of ether oxygens (including phenoxy) is 2. The van der Waals surface area contributed by atoms with Gasteiger partial charge in [0, 0.05) is 12.6 Å². The van der Waals surface area contributed by atoms with Crippen LogP contribution >= 0.6 is 0 Å². The zero-order chi connectivity index (χ0) is 18.2. The van der Waals surface area contributed by atoms with Crippen LogP contribution in [0.4, 0.5) is 0 Å².